The Bertz CT molecular complexity index is 565. The van der Waals surface area contributed by atoms with Crippen molar-refractivity contribution >= 4 is 15.8 Å². The number of hydrogen-bond donors (Lipinski definition) is 2. The highest BCUT2D eigenvalue weighted by Crippen LogP contribution is 2.35. The lowest BCUT2D eigenvalue weighted by atomic mass is 9.76. The first-order chi connectivity index (χ1) is 9.89. The number of nitrogens with zero attached hydrogens (tertiary/aromatic N) is 2. The molecule has 1 aromatic heterocycles. The SMILES string of the molecule is CCNc1ccc(S(=O)(=O)NCC2(N(C)C)CCC2)cn1. The molecular weight excluding hydrogens is 288 g/mol. The van der Waals surface area contributed by atoms with Crippen LogP contribution in [0.15, 0.2) is 23.2 Å². The Labute approximate surface area is 127 Å². The smallest absolute Gasteiger partial charge is 0.242 e. The minimum atomic E-state index is -3.50. The summed E-state index contributed by atoms with van der Waals surface area (Å²) in [6, 6.07) is 3.26. The molecule has 0 atom stereocenters. The summed E-state index contributed by atoms with van der Waals surface area (Å²) in [7, 11) is 0.499. The van der Waals surface area contributed by atoms with Crippen LogP contribution in [0.25, 0.3) is 0 Å². The second-order valence-corrected chi connectivity index (χ2v) is 7.47. The molecule has 0 aliphatic heterocycles. The number of hydrogen-bond acceptors (Lipinski definition) is 5. The van der Waals surface area contributed by atoms with Crippen LogP contribution in [0.2, 0.25) is 0 Å². The molecule has 0 unspecified atom stereocenters. The summed E-state index contributed by atoms with van der Waals surface area (Å²) in [5.41, 5.74) is -0.0375. The maximum Gasteiger partial charge on any atom is 0.242 e. The summed E-state index contributed by atoms with van der Waals surface area (Å²) < 4.78 is 27.4. The molecule has 0 bridgehead atoms. The number of rotatable bonds is 7. The van der Waals surface area contributed by atoms with Gasteiger partial charge in [-0.3, -0.25) is 0 Å². The van der Waals surface area contributed by atoms with Crippen molar-refractivity contribution in [2.24, 2.45) is 0 Å². The normalized spacial score (nSPS) is 17.5. The molecule has 0 radical (unpaired) electrons. The van der Waals surface area contributed by atoms with E-state index in [2.05, 4.69) is 19.9 Å². The van der Waals surface area contributed by atoms with Gasteiger partial charge in [0.2, 0.25) is 10.0 Å². The predicted octanol–water partition coefficient (Wildman–Crippen LogP) is 1.28. The molecule has 118 valence electrons. The van der Waals surface area contributed by atoms with Gasteiger partial charge in [0.05, 0.1) is 0 Å². The van der Waals surface area contributed by atoms with Crippen LogP contribution in [0.1, 0.15) is 26.2 Å². The summed E-state index contributed by atoms with van der Waals surface area (Å²) in [5, 5.41) is 3.04. The average Bonchev–Trinajstić information content (AvgIpc) is 2.38. The van der Waals surface area contributed by atoms with Crippen LogP contribution in [-0.2, 0) is 10.0 Å². The number of nitrogens with one attached hydrogen (secondary N) is 2. The maximum absolute atomic E-state index is 12.3. The Hall–Kier alpha value is -1.18. The fourth-order valence-corrected chi connectivity index (χ4v) is 3.57. The molecule has 7 heteroatoms. The van der Waals surface area contributed by atoms with E-state index in [-0.39, 0.29) is 10.4 Å². The molecule has 1 fully saturated rings. The maximum atomic E-state index is 12.3. The lowest BCUT2D eigenvalue weighted by molar-refractivity contribution is 0.0657. The molecule has 0 amide bonds. The molecule has 0 spiro atoms. The molecule has 1 aromatic rings. The fourth-order valence-electron chi connectivity index (χ4n) is 2.50. The van der Waals surface area contributed by atoms with E-state index in [9.17, 15) is 8.42 Å². The van der Waals surface area contributed by atoms with Crippen molar-refractivity contribution in [3.8, 4) is 0 Å². The Kier molecular flexibility index (Phi) is 4.85. The van der Waals surface area contributed by atoms with Crippen molar-refractivity contribution in [2.45, 2.75) is 36.6 Å². The van der Waals surface area contributed by atoms with Crippen LogP contribution in [0, 0.1) is 0 Å². The zero-order valence-electron chi connectivity index (χ0n) is 12.9. The number of pyridine rings is 1. The number of aromatic nitrogens is 1. The van der Waals surface area contributed by atoms with E-state index in [1.165, 1.54) is 6.20 Å². The first kappa shape index (κ1) is 16.2. The highest BCUT2D eigenvalue weighted by molar-refractivity contribution is 7.89. The van der Waals surface area contributed by atoms with Gasteiger partial charge in [-0.15, -0.1) is 0 Å². The molecule has 1 saturated carbocycles. The number of likely N-dealkylation sites (N-methyl/N-ethyl adjacent to an activating group) is 1. The minimum Gasteiger partial charge on any atom is -0.370 e. The van der Waals surface area contributed by atoms with Gasteiger partial charge in [0.25, 0.3) is 0 Å². The molecule has 21 heavy (non-hydrogen) atoms. The Morgan fingerprint density at radius 1 is 1.33 bits per heavy atom. The summed E-state index contributed by atoms with van der Waals surface area (Å²) in [5.74, 6) is 0.681. The molecule has 1 heterocycles. The van der Waals surface area contributed by atoms with E-state index in [0.29, 0.717) is 12.4 Å². The van der Waals surface area contributed by atoms with Crippen molar-refractivity contribution in [1.82, 2.24) is 14.6 Å². The largest absolute Gasteiger partial charge is 0.370 e. The first-order valence-corrected chi connectivity index (χ1v) is 8.75. The van der Waals surface area contributed by atoms with E-state index in [0.717, 1.165) is 25.8 Å². The van der Waals surface area contributed by atoms with Gasteiger partial charge in [-0.05, 0) is 52.4 Å². The third kappa shape index (κ3) is 3.53. The Balaban J connectivity index is 2.04. The summed E-state index contributed by atoms with van der Waals surface area (Å²) in [6.45, 7) is 3.16. The monoisotopic (exact) mass is 312 g/mol. The van der Waals surface area contributed by atoms with Gasteiger partial charge in [0.15, 0.2) is 0 Å². The van der Waals surface area contributed by atoms with Crippen molar-refractivity contribution in [2.75, 3.05) is 32.5 Å². The van der Waals surface area contributed by atoms with Crippen LogP contribution in [-0.4, -0.2) is 51.0 Å². The molecule has 2 rings (SSSR count). The number of anilines is 1. The average molecular weight is 312 g/mol. The lowest BCUT2D eigenvalue weighted by Gasteiger charge is -2.47. The van der Waals surface area contributed by atoms with Crippen LogP contribution >= 0.6 is 0 Å². The summed E-state index contributed by atoms with van der Waals surface area (Å²) in [6.07, 6.45) is 4.60. The van der Waals surface area contributed by atoms with Gasteiger partial charge in [0, 0.05) is 24.8 Å². The van der Waals surface area contributed by atoms with Crippen LogP contribution in [0.5, 0.6) is 0 Å². The van der Waals surface area contributed by atoms with E-state index in [4.69, 9.17) is 0 Å². The molecular formula is C14H24N4O2S. The minimum absolute atomic E-state index is 0.0375. The molecule has 1 aliphatic carbocycles. The second kappa shape index (κ2) is 6.29. The van der Waals surface area contributed by atoms with Crippen molar-refractivity contribution in [3.05, 3.63) is 18.3 Å². The standard InChI is InChI=1S/C14H24N4O2S/c1-4-15-13-7-6-12(10-16-13)21(19,20)17-11-14(18(2)3)8-5-9-14/h6-7,10,17H,4-5,8-9,11H2,1-3H3,(H,15,16). The Morgan fingerprint density at radius 3 is 2.48 bits per heavy atom. The van der Waals surface area contributed by atoms with Crippen molar-refractivity contribution in [3.63, 3.8) is 0 Å². The second-order valence-electron chi connectivity index (χ2n) is 5.71. The third-order valence-corrected chi connectivity index (χ3v) is 5.62. The van der Waals surface area contributed by atoms with E-state index >= 15 is 0 Å². The van der Waals surface area contributed by atoms with Gasteiger partial charge in [-0.25, -0.2) is 18.1 Å². The van der Waals surface area contributed by atoms with E-state index in [1.54, 1.807) is 12.1 Å². The van der Waals surface area contributed by atoms with Gasteiger partial charge >= 0.3 is 0 Å². The van der Waals surface area contributed by atoms with Gasteiger partial charge < -0.3 is 10.2 Å². The highest BCUT2D eigenvalue weighted by Gasteiger charge is 2.39. The van der Waals surface area contributed by atoms with E-state index < -0.39 is 10.0 Å². The lowest BCUT2D eigenvalue weighted by Crippen LogP contribution is -2.57. The first-order valence-electron chi connectivity index (χ1n) is 7.27. The predicted molar refractivity (Wildman–Crippen MR) is 83.9 cm³/mol. The van der Waals surface area contributed by atoms with Crippen LogP contribution < -0.4 is 10.0 Å². The highest BCUT2D eigenvalue weighted by atomic mass is 32.2. The summed E-state index contributed by atoms with van der Waals surface area (Å²) >= 11 is 0. The van der Waals surface area contributed by atoms with Crippen LogP contribution in [0.3, 0.4) is 0 Å². The molecule has 6 nitrogen and oxygen atoms in total. The van der Waals surface area contributed by atoms with Crippen molar-refractivity contribution < 1.29 is 8.42 Å². The van der Waals surface area contributed by atoms with Crippen molar-refractivity contribution in [1.29, 1.82) is 0 Å². The molecule has 2 N–H and O–H groups in total. The zero-order valence-corrected chi connectivity index (χ0v) is 13.7. The van der Waals surface area contributed by atoms with Crippen LogP contribution in [0.4, 0.5) is 5.82 Å². The molecule has 1 aliphatic rings. The fraction of sp³-hybridized carbons (Fsp3) is 0.643. The van der Waals surface area contributed by atoms with Gasteiger partial charge in [0.1, 0.15) is 10.7 Å². The Morgan fingerprint density at radius 2 is 2.05 bits per heavy atom. The van der Waals surface area contributed by atoms with E-state index in [1.807, 2.05) is 21.0 Å². The molecule has 0 saturated heterocycles. The quantitative estimate of drug-likeness (QED) is 0.793. The molecule has 0 aromatic carbocycles. The topological polar surface area (TPSA) is 74.3 Å². The number of sulfonamides is 1. The van der Waals surface area contributed by atoms with Gasteiger partial charge in [-0.1, -0.05) is 0 Å². The third-order valence-electron chi connectivity index (χ3n) is 4.23. The summed E-state index contributed by atoms with van der Waals surface area (Å²) in [4.78, 5) is 6.43. The van der Waals surface area contributed by atoms with Gasteiger partial charge in [-0.2, -0.15) is 0 Å². The zero-order chi connectivity index (χ0) is 15.5.